The molecule has 0 aromatic heterocycles. The average Bonchev–Trinajstić information content (AvgIpc) is 2.21. The van der Waals surface area contributed by atoms with Crippen LogP contribution < -0.4 is 37.9 Å². The lowest BCUT2D eigenvalue weighted by Crippen LogP contribution is -2.11. The van der Waals surface area contributed by atoms with Gasteiger partial charge in [0.05, 0.1) is 50.8 Å². The number of carbonyl (C=O) groups is 2. The number of benzene rings is 7. The van der Waals surface area contributed by atoms with E-state index in [1.165, 1.54) is 39.8 Å². The van der Waals surface area contributed by atoms with E-state index in [4.69, 9.17) is 66.3 Å². The van der Waals surface area contributed by atoms with Crippen LogP contribution >= 0.6 is 0 Å². The molecule has 6 aliphatic heterocycles. The first-order chi connectivity index (χ1) is 43.8. The first-order valence-electron chi connectivity index (χ1n) is 31.1. The molecular formula is C74H78O16. The lowest BCUT2D eigenvalue weighted by molar-refractivity contribution is 0.0718. The Morgan fingerprint density at radius 3 is 1.14 bits per heavy atom. The molecule has 1 aliphatic carbocycles. The summed E-state index contributed by atoms with van der Waals surface area (Å²) in [5.74, 6) is 5.49. The quantitative estimate of drug-likeness (QED) is 0.0299. The molecular weight excluding hydrogens is 1140 g/mol. The number of hydrogen-bond donors (Lipinski definition) is 0. The van der Waals surface area contributed by atoms with E-state index in [-0.39, 0.29) is 24.4 Å². The van der Waals surface area contributed by atoms with Crippen LogP contribution in [0.25, 0.3) is 16.7 Å². The molecule has 14 rings (SSSR count). The van der Waals surface area contributed by atoms with Gasteiger partial charge in [-0.05, 0) is 243 Å². The number of ether oxygens (including phenoxy) is 14. The van der Waals surface area contributed by atoms with Crippen LogP contribution in [0.15, 0.2) is 140 Å². The van der Waals surface area contributed by atoms with Crippen LogP contribution in [0, 0.1) is 41.5 Å². The maximum atomic E-state index is 12.5. The van der Waals surface area contributed by atoms with Gasteiger partial charge in [0.25, 0.3) is 0 Å². The minimum atomic E-state index is -0.498. The standard InChI is InChI=1S/C27H24O8.C25H28O4.C22H26O4/c1-17-12-22(34-26(28)18-2-6-20(7-3-18)30-13-23-15-32-23)10-11-25(17)35-27(29)19-4-8-21(9-5-19)31-14-24-16-33-24;1-17-12-21(8-11-25(17)29-16-24-15-28-24)20-4-2-18(3-5-20)19-6-9-22(10-7-19)26-13-23-14-27-23;1-13-5-17(6-14(2)21(13)25-11-19-9-23-19)18-7-15(3)22(16(4)8-18)26-12-20-10-24-20/h2-12,23-24H,13-16H2,1H3;4,6-12,18,23-24H,2-3,5,13-16H2,1H3;5-8,19-20H,9-12H2,1-4H3. The smallest absolute Gasteiger partial charge is 0.343 e. The molecule has 0 spiro atoms. The van der Waals surface area contributed by atoms with Crippen molar-refractivity contribution >= 4 is 17.5 Å². The molecule has 7 aromatic carbocycles. The van der Waals surface area contributed by atoms with E-state index < -0.39 is 11.9 Å². The summed E-state index contributed by atoms with van der Waals surface area (Å²) >= 11 is 0. The minimum absolute atomic E-state index is 0.164. The maximum absolute atomic E-state index is 12.5. The second-order valence-corrected chi connectivity index (χ2v) is 24.0. The third-order valence-corrected chi connectivity index (χ3v) is 16.3. The van der Waals surface area contributed by atoms with Crippen LogP contribution in [0.2, 0.25) is 0 Å². The van der Waals surface area contributed by atoms with Gasteiger partial charge in [0, 0.05) is 0 Å². The van der Waals surface area contributed by atoms with Gasteiger partial charge < -0.3 is 66.3 Å². The minimum Gasteiger partial charge on any atom is -0.491 e. The fourth-order valence-electron chi connectivity index (χ4n) is 10.5. The highest BCUT2D eigenvalue weighted by atomic mass is 16.6. The Morgan fingerprint density at radius 2 is 0.744 bits per heavy atom. The summed E-state index contributed by atoms with van der Waals surface area (Å²) in [4.78, 5) is 25.0. The first kappa shape index (κ1) is 62.0. The molecule has 6 heterocycles. The van der Waals surface area contributed by atoms with Crippen molar-refractivity contribution in [2.75, 3.05) is 79.3 Å². The molecule has 0 amide bonds. The third-order valence-electron chi connectivity index (χ3n) is 16.3. The molecule has 7 unspecified atom stereocenters. The molecule has 6 fully saturated rings. The summed E-state index contributed by atoms with van der Waals surface area (Å²) in [5, 5.41) is 0. The second-order valence-electron chi connectivity index (χ2n) is 24.0. The van der Waals surface area contributed by atoms with E-state index in [9.17, 15) is 9.59 Å². The number of epoxide rings is 6. The molecule has 7 aromatic rings. The molecule has 0 N–H and O–H groups in total. The first-order valence-corrected chi connectivity index (χ1v) is 31.1. The van der Waals surface area contributed by atoms with Crippen LogP contribution in [0.3, 0.4) is 0 Å². The maximum Gasteiger partial charge on any atom is 0.343 e. The van der Waals surface area contributed by atoms with Crippen LogP contribution in [-0.4, -0.2) is 128 Å². The van der Waals surface area contributed by atoms with Crippen molar-refractivity contribution in [2.24, 2.45) is 0 Å². The summed E-state index contributed by atoms with van der Waals surface area (Å²) in [5.41, 5.74) is 13.8. The van der Waals surface area contributed by atoms with Crippen molar-refractivity contribution < 1.29 is 75.9 Å². The number of hydrogen-bond acceptors (Lipinski definition) is 16. The van der Waals surface area contributed by atoms with Gasteiger partial charge in [0.15, 0.2) is 0 Å². The molecule has 16 heteroatoms. The van der Waals surface area contributed by atoms with E-state index in [2.05, 4.69) is 107 Å². The molecule has 0 radical (unpaired) electrons. The molecule has 470 valence electrons. The van der Waals surface area contributed by atoms with Gasteiger partial charge >= 0.3 is 11.9 Å². The monoisotopic (exact) mass is 1220 g/mol. The van der Waals surface area contributed by atoms with Crippen LogP contribution in [0.1, 0.15) is 90.4 Å². The van der Waals surface area contributed by atoms with Gasteiger partial charge in [-0.3, -0.25) is 0 Å². The zero-order valence-corrected chi connectivity index (χ0v) is 52.0. The Bertz CT molecular complexity index is 3530. The molecule has 7 atom stereocenters. The summed E-state index contributed by atoms with van der Waals surface area (Å²) in [6.07, 6.45) is 7.25. The zero-order valence-electron chi connectivity index (χ0n) is 52.0. The number of esters is 2. The van der Waals surface area contributed by atoms with Gasteiger partial charge in [-0.15, -0.1) is 0 Å². The highest BCUT2D eigenvalue weighted by Gasteiger charge is 2.28. The van der Waals surface area contributed by atoms with Crippen LogP contribution in [0.4, 0.5) is 0 Å². The van der Waals surface area contributed by atoms with Crippen molar-refractivity contribution in [3.63, 3.8) is 0 Å². The average molecular weight is 1220 g/mol. The number of allylic oxidation sites excluding steroid dienone is 2. The topological polar surface area (TPSA) is 183 Å². The number of carbonyl (C=O) groups excluding carboxylic acids is 2. The van der Waals surface area contributed by atoms with Gasteiger partial charge in [0.2, 0.25) is 0 Å². The van der Waals surface area contributed by atoms with E-state index >= 15 is 0 Å². The highest BCUT2D eigenvalue weighted by molar-refractivity contribution is 5.92. The predicted molar refractivity (Wildman–Crippen MR) is 338 cm³/mol. The molecule has 6 saturated heterocycles. The Hall–Kier alpha value is -8.22. The molecule has 90 heavy (non-hydrogen) atoms. The fraction of sp³-hybridized carbons (Fsp3) is 0.378. The van der Waals surface area contributed by atoms with E-state index in [1.54, 1.807) is 73.7 Å². The largest absolute Gasteiger partial charge is 0.491 e. The lowest BCUT2D eigenvalue weighted by Gasteiger charge is -2.23. The molecule has 0 saturated carbocycles. The summed E-state index contributed by atoms with van der Waals surface area (Å²) in [6, 6.07) is 42.2. The molecule has 7 aliphatic rings. The lowest BCUT2D eigenvalue weighted by atomic mass is 9.82. The Labute approximate surface area is 526 Å². The van der Waals surface area contributed by atoms with E-state index in [1.807, 2.05) is 0 Å². The molecule has 0 bridgehead atoms. The van der Waals surface area contributed by atoms with Crippen LogP contribution in [0.5, 0.6) is 46.0 Å². The highest BCUT2D eigenvalue weighted by Crippen LogP contribution is 2.39. The Kier molecular flexibility index (Phi) is 19.8. The predicted octanol–water partition coefficient (Wildman–Crippen LogP) is 13.0. The zero-order chi connectivity index (χ0) is 62.1. The summed E-state index contributed by atoms with van der Waals surface area (Å²) in [6.45, 7) is 20.6. The van der Waals surface area contributed by atoms with Gasteiger partial charge in [-0.25, -0.2) is 9.59 Å². The Morgan fingerprint density at radius 1 is 0.378 bits per heavy atom. The van der Waals surface area contributed by atoms with Gasteiger partial charge in [0.1, 0.15) is 122 Å². The summed E-state index contributed by atoms with van der Waals surface area (Å²) < 4.78 is 76.7. The molecule has 16 nitrogen and oxygen atoms in total. The van der Waals surface area contributed by atoms with Crippen molar-refractivity contribution in [1.82, 2.24) is 0 Å². The van der Waals surface area contributed by atoms with E-state index in [0.717, 1.165) is 97.7 Å². The van der Waals surface area contributed by atoms with Crippen molar-refractivity contribution in [1.29, 1.82) is 0 Å². The van der Waals surface area contributed by atoms with Crippen molar-refractivity contribution in [3.05, 3.63) is 195 Å². The van der Waals surface area contributed by atoms with Crippen molar-refractivity contribution in [3.8, 4) is 57.1 Å². The van der Waals surface area contributed by atoms with Crippen LogP contribution in [-0.2, 0) is 28.4 Å². The van der Waals surface area contributed by atoms with Crippen molar-refractivity contribution in [2.45, 2.75) is 103 Å². The third kappa shape index (κ3) is 18.0. The Balaban J connectivity index is 0.000000132. The SMILES string of the molecule is Cc1cc(-c2cc(C)c(OCC3CO3)c(C)c2)cc(C)c1OCC1CO1.Cc1cc(C2=CCC(c3ccc(OCC4CO4)cc3)CC2)ccc1OCC1CO1.Cc1cc(OC(=O)c2ccc(OCC3CO3)cc2)ccc1OC(=O)c1ccc(OCC2CO2)cc1. The van der Waals surface area contributed by atoms with Gasteiger partial charge in [-0.2, -0.15) is 0 Å². The summed E-state index contributed by atoms with van der Waals surface area (Å²) in [7, 11) is 0. The number of aryl methyl sites for hydroxylation is 6. The number of rotatable bonds is 25. The fourth-order valence-corrected chi connectivity index (χ4v) is 10.5. The normalized spacial score (nSPS) is 21.1. The second kappa shape index (κ2) is 28.7. The van der Waals surface area contributed by atoms with E-state index in [0.29, 0.717) is 97.5 Å². The van der Waals surface area contributed by atoms with Gasteiger partial charge in [-0.1, -0.05) is 24.3 Å².